The van der Waals surface area contributed by atoms with Crippen molar-refractivity contribution in [2.45, 2.75) is 11.4 Å². The van der Waals surface area contributed by atoms with Crippen LogP contribution in [-0.4, -0.2) is 66.9 Å². The van der Waals surface area contributed by atoms with Gasteiger partial charge in [-0.25, -0.2) is 14.8 Å². The van der Waals surface area contributed by atoms with Gasteiger partial charge in [0.2, 0.25) is 5.91 Å². The maximum absolute atomic E-state index is 13.0. The van der Waals surface area contributed by atoms with Crippen LogP contribution in [0.2, 0.25) is 0 Å². The molecule has 1 aromatic carbocycles. The van der Waals surface area contributed by atoms with Crippen molar-refractivity contribution in [3.8, 4) is 0 Å². The summed E-state index contributed by atoms with van der Waals surface area (Å²) in [6.45, 7) is 2.55. The Kier molecular flexibility index (Phi) is 5.49. The number of thioether (sulfide) groups is 1. The Balaban J connectivity index is 1.31. The zero-order valence-electron chi connectivity index (χ0n) is 18.5. The molecule has 1 aliphatic rings. The molecular weight excluding hydrogens is 462 g/mol. The van der Waals surface area contributed by atoms with Gasteiger partial charge < -0.3 is 14.4 Å². The second-order valence-corrected chi connectivity index (χ2v) is 9.78. The van der Waals surface area contributed by atoms with Crippen molar-refractivity contribution in [1.82, 2.24) is 28.6 Å². The summed E-state index contributed by atoms with van der Waals surface area (Å²) < 4.78 is 5.04. The number of imidazole rings is 1. The van der Waals surface area contributed by atoms with Crippen LogP contribution in [-0.2, 0) is 25.4 Å². The zero-order chi connectivity index (χ0) is 23.3. The van der Waals surface area contributed by atoms with E-state index >= 15 is 0 Å². The topological polar surface area (TPSA) is 98.3 Å². The number of aryl methyl sites for hydroxylation is 1. The predicted molar refractivity (Wildman–Crippen MR) is 130 cm³/mol. The number of hydrogen-bond donors (Lipinski definition) is 0. The SMILES string of the molecule is CSc1cccc2sc(N3CCN(C(=O)Cn4cnc5c4c(=O)n(C)c(=O)n5C)CC3)nc12. The summed E-state index contributed by atoms with van der Waals surface area (Å²) in [5.41, 5.74) is 0.668. The number of piperazine rings is 1. The number of carbonyl (C=O) groups is 1. The highest BCUT2D eigenvalue weighted by Gasteiger charge is 2.25. The van der Waals surface area contributed by atoms with E-state index in [1.54, 1.807) is 35.0 Å². The number of thiazole rings is 1. The number of fused-ring (bicyclic) bond motifs is 2. The Labute approximate surface area is 197 Å². The average Bonchev–Trinajstić information content (AvgIpc) is 3.46. The maximum Gasteiger partial charge on any atom is 0.332 e. The Morgan fingerprint density at radius 2 is 1.88 bits per heavy atom. The first-order valence-electron chi connectivity index (χ1n) is 10.5. The Hall–Kier alpha value is -3.12. The van der Waals surface area contributed by atoms with Gasteiger partial charge in [0, 0.05) is 45.2 Å². The number of rotatable bonds is 4. The van der Waals surface area contributed by atoms with Crippen LogP contribution < -0.4 is 16.1 Å². The molecule has 10 nitrogen and oxygen atoms in total. The van der Waals surface area contributed by atoms with Gasteiger partial charge in [-0.3, -0.25) is 18.7 Å². The van der Waals surface area contributed by atoms with Gasteiger partial charge in [0.25, 0.3) is 5.56 Å². The summed E-state index contributed by atoms with van der Waals surface area (Å²) in [6, 6.07) is 6.22. The van der Waals surface area contributed by atoms with Crippen molar-refractivity contribution >= 4 is 55.5 Å². The number of hydrogen-bond acceptors (Lipinski definition) is 8. The molecule has 0 unspecified atom stereocenters. The number of nitrogens with zero attached hydrogens (tertiary/aromatic N) is 7. The summed E-state index contributed by atoms with van der Waals surface area (Å²) >= 11 is 3.37. The minimum absolute atomic E-state index is 0.00215. The maximum atomic E-state index is 13.0. The van der Waals surface area contributed by atoms with Crippen molar-refractivity contribution in [1.29, 1.82) is 0 Å². The first-order valence-corrected chi connectivity index (χ1v) is 12.5. The number of carbonyl (C=O) groups excluding carboxylic acids is 1. The number of para-hydroxylation sites is 1. The molecule has 1 aliphatic heterocycles. The van der Waals surface area contributed by atoms with Crippen LogP contribution in [0.1, 0.15) is 0 Å². The summed E-state index contributed by atoms with van der Waals surface area (Å²) in [6.07, 6.45) is 3.50. The van der Waals surface area contributed by atoms with Crippen LogP contribution in [0.25, 0.3) is 21.4 Å². The summed E-state index contributed by atoms with van der Waals surface area (Å²) in [5, 5.41) is 0.976. The molecule has 0 atom stereocenters. The van der Waals surface area contributed by atoms with Gasteiger partial charge in [-0.1, -0.05) is 17.4 Å². The quantitative estimate of drug-likeness (QED) is 0.400. The molecule has 0 bridgehead atoms. The van der Waals surface area contributed by atoms with E-state index in [0.717, 1.165) is 15.2 Å². The van der Waals surface area contributed by atoms with Crippen LogP contribution in [0.3, 0.4) is 0 Å². The minimum Gasteiger partial charge on any atom is -0.345 e. The van der Waals surface area contributed by atoms with E-state index in [9.17, 15) is 14.4 Å². The van der Waals surface area contributed by atoms with E-state index in [2.05, 4.69) is 34.3 Å². The Morgan fingerprint density at radius 1 is 1.12 bits per heavy atom. The van der Waals surface area contributed by atoms with E-state index < -0.39 is 11.2 Å². The molecule has 0 N–H and O–H groups in total. The van der Waals surface area contributed by atoms with E-state index in [1.807, 2.05) is 0 Å². The van der Waals surface area contributed by atoms with Gasteiger partial charge in [-0.2, -0.15) is 0 Å². The number of benzene rings is 1. The lowest BCUT2D eigenvalue weighted by Crippen LogP contribution is -2.49. The largest absolute Gasteiger partial charge is 0.345 e. The van der Waals surface area contributed by atoms with Crippen molar-refractivity contribution in [2.24, 2.45) is 14.1 Å². The molecule has 0 aliphatic carbocycles. The van der Waals surface area contributed by atoms with Crippen molar-refractivity contribution in [2.75, 3.05) is 37.3 Å². The van der Waals surface area contributed by atoms with E-state index in [-0.39, 0.29) is 23.6 Å². The molecule has 4 heterocycles. The molecule has 1 fully saturated rings. The molecule has 0 saturated carbocycles. The van der Waals surface area contributed by atoms with E-state index in [0.29, 0.717) is 26.2 Å². The molecule has 12 heteroatoms. The number of amides is 1. The number of aromatic nitrogens is 5. The smallest absolute Gasteiger partial charge is 0.332 e. The van der Waals surface area contributed by atoms with Gasteiger partial charge in [0.05, 0.1) is 16.5 Å². The summed E-state index contributed by atoms with van der Waals surface area (Å²) in [7, 11) is 2.99. The Bertz CT molecular complexity index is 1490. The number of anilines is 1. The fourth-order valence-electron chi connectivity index (χ4n) is 4.12. The van der Waals surface area contributed by atoms with Crippen LogP contribution in [0.5, 0.6) is 0 Å². The molecule has 33 heavy (non-hydrogen) atoms. The van der Waals surface area contributed by atoms with Crippen molar-refractivity contribution in [3.63, 3.8) is 0 Å². The second-order valence-electron chi connectivity index (χ2n) is 7.92. The lowest BCUT2D eigenvalue weighted by atomic mass is 10.3. The van der Waals surface area contributed by atoms with Crippen molar-refractivity contribution in [3.05, 3.63) is 45.4 Å². The molecule has 172 valence electrons. The molecule has 1 amide bonds. The predicted octanol–water partition coefficient (Wildman–Crippen LogP) is 1.11. The normalized spacial score (nSPS) is 14.5. The first-order chi connectivity index (χ1) is 15.9. The molecule has 3 aromatic heterocycles. The van der Waals surface area contributed by atoms with Crippen molar-refractivity contribution < 1.29 is 4.79 Å². The second kappa shape index (κ2) is 8.34. The average molecular weight is 486 g/mol. The van der Waals surface area contributed by atoms with Gasteiger partial charge in [-0.05, 0) is 18.4 Å². The van der Waals surface area contributed by atoms with Gasteiger partial charge >= 0.3 is 5.69 Å². The van der Waals surface area contributed by atoms with Gasteiger partial charge in [0.1, 0.15) is 6.54 Å². The monoisotopic (exact) mass is 485 g/mol. The molecular formula is C21H23N7O3S2. The molecule has 0 radical (unpaired) electrons. The highest BCUT2D eigenvalue weighted by molar-refractivity contribution is 7.98. The van der Waals surface area contributed by atoms with Crippen LogP contribution >= 0.6 is 23.1 Å². The Morgan fingerprint density at radius 3 is 2.61 bits per heavy atom. The highest BCUT2D eigenvalue weighted by Crippen LogP contribution is 2.34. The standard InChI is InChI=1S/C21H23N7O3S2/c1-24-18-17(19(30)25(2)21(24)31)28(12-22-18)11-15(29)26-7-9-27(10-8-26)20-23-16-13(32-3)5-4-6-14(16)33-20/h4-6,12H,7-11H2,1-3H3. The highest BCUT2D eigenvalue weighted by atomic mass is 32.2. The van der Waals surface area contributed by atoms with Crippen LogP contribution in [0, 0.1) is 0 Å². The zero-order valence-corrected chi connectivity index (χ0v) is 20.1. The summed E-state index contributed by atoms with van der Waals surface area (Å²) in [4.78, 5) is 51.9. The molecule has 5 rings (SSSR count). The third-order valence-corrected chi connectivity index (χ3v) is 7.87. The first kappa shape index (κ1) is 21.7. The van der Waals surface area contributed by atoms with Gasteiger partial charge in [0.15, 0.2) is 16.3 Å². The third-order valence-electron chi connectivity index (χ3n) is 6.02. The van der Waals surface area contributed by atoms with E-state index in [4.69, 9.17) is 4.98 Å². The lowest BCUT2D eigenvalue weighted by Gasteiger charge is -2.34. The fraction of sp³-hybridized carbons (Fsp3) is 0.381. The summed E-state index contributed by atoms with van der Waals surface area (Å²) in [5.74, 6) is -0.0844. The van der Waals surface area contributed by atoms with Crippen LogP contribution in [0.4, 0.5) is 5.13 Å². The molecule has 1 saturated heterocycles. The van der Waals surface area contributed by atoms with E-state index in [1.165, 1.54) is 32.1 Å². The fourth-order valence-corrected chi connectivity index (χ4v) is 5.79. The lowest BCUT2D eigenvalue weighted by molar-refractivity contribution is -0.132. The molecule has 4 aromatic rings. The third kappa shape index (κ3) is 3.62. The minimum atomic E-state index is -0.455. The van der Waals surface area contributed by atoms with Gasteiger partial charge in [-0.15, -0.1) is 11.8 Å². The molecule has 0 spiro atoms. The van der Waals surface area contributed by atoms with Crippen LogP contribution in [0.15, 0.2) is 39.0 Å².